The van der Waals surface area contributed by atoms with E-state index >= 15 is 0 Å². The zero-order valence-corrected chi connectivity index (χ0v) is 10.5. The first-order chi connectivity index (χ1) is 7.36. The van der Waals surface area contributed by atoms with Crippen LogP contribution in [0.25, 0.3) is 0 Å². The highest BCUT2D eigenvalue weighted by atomic mass is 32.1. The Labute approximate surface area is 96.5 Å². The van der Waals surface area contributed by atoms with Gasteiger partial charge in [0.25, 0.3) is 0 Å². The number of nitrogens with one attached hydrogen (secondary N) is 1. The molecule has 3 nitrogen and oxygen atoms in total. The van der Waals surface area contributed by atoms with Crippen molar-refractivity contribution in [3.8, 4) is 0 Å². The van der Waals surface area contributed by atoms with Crippen LogP contribution in [0.3, 0.4) is 0 Å². The van der Waals surface area contributed by atoms with Crippen LogP contribution in [-0.2, 0) is 6.54 Å². The maximum Gasteiger partial charge on any atom is 0.106 e. The van der Waals surface area contributed by atoms with E-state index in [1.54, 1.807) is 11.3 Å². The Bertz CT molecular complexity index is 232. The van der Waals surface area contributed by atoms with E-state index in [2.05, 4.69) is 29.0 Å². The molecule has 0 amide bonds. The molecule has 0 spiro atoms. The minimum atomic E-state index is 0.913. The summed E-state index contributed by atoms with van der Waals surface area (Å²) in [4.78, 5) is 6.68. The van der Waals surface area contributed by atoms with E-state index in [0.29, 0.717) is 0 Å². The molecule has 1 aromatic rings. The summed E-state index contributed by atoms with van der Waals surface area (Å²) in [6.07, 6.45) is 3.07. The van der Waals surface area contributed by atoms with Gasteiger partial charge in [0.1, 0.15) is 5.01 Å². The van der Waals surface area contributed by atoms with Gasteiger partial charge >= 0.3 is 0 Å². The molecule has 0 fully saturated rings. The molecule has 0 saturated heterocycles. The van der Waals surface area contributed by atoms with E-state index in [0.717, 1.165) is 26.2 Å². The molecule has 1 heterocycles. The second-order valence-electron chi connectivity index (χ2n) is 3.48. The molecule has 1 N–H and O–H groups in total. The van der Waals surface area contributed by atoms with Crippen LogP contribution >= 0.6 is 11.3 Å². The highest BCUT2D eigenvalue weighted by Gasteiger charge is 1.98. The van der Waals surface area contributed by atoms with Crippen molar-refractivity contribution in [2.24, 2.45) is 0 Å². The quantitative estimate of drug-likeness (QED) is 0.688. The van der Waals surface area contributed by atoms with E-state index < -0.39 is 0 Å². The molecule has 0 bridgehead atoms. The zero-order chi connectivity index (χ0) is 10.9. The molecule has 0 aliphatic heterocycles. The van der Waals surface area contributed by atoms with Crippen molar-refractivity contribution in [1.82, 2.24) is 15.2 Å². The molecule has 0 aliphatic rings. The summed E-state index contributed by atoms with van der Waals surface area (Å²) in [6, 6.07) is 0. The summed E-state index contributed by atoms with van der Waals surface area (Å²) in [6.45, 7) is 9.93. The minimum Gasteiger partial charge on any atom is -0.310 e. The van der Waals surface area contributed by atoms with Crippen LogP contribution in [0.2, 0.25) is 0 Å². The highest BCUT2D eigenvalue weighted by Crippen LogP contribution is 2.02. The third-order valence-corrected chi connectivity index (χ3v) is 3.26. The van der Waals surface area contributed by atoms with Crippen molar-refractivity contribution < 1.29 is 0 Å². The second kappa shape index (κ2) is 7.79. The first-order valence-corrected chi connectivity index (χ1v) is 6.56. The van der Waals surface area contributed by atoms with Crippen molar-refractivity contribution in [2.45, 2.75) is 26.8 Å². The summed E-state index contributed by atoms with van der Waals surface area (Å²) in [5, 5.41) is 6.61. The standard InChI is InChI=1S/C11H21N3S/c1-3-14(4-2)8-5-6-12-10-11-13-7-9-15-11/h7,9,12H,3-6,8,10H2,1-2H3. The Hall–Kier alpha value is -0.450. The average Bonchev–Trinajstić information content (AvgIpc) is 2.76. The predicted molar refractivity (Wildman–Crippen MR) is 66.2 cm³/mol. The smallest absolute Gasteiger partial charge is 0.106 e. The van der Waals surface area contributed by atoms with Crippen molar-refractivity contribution in [2.75, 3.05) is 26.2 Å². The molecule has 0 atom stereocenters. The lowest BCUT2D eigenvalue weighted by Gasteiger charge is -2.17. The number of hydrogen-bond donors (Lipinski definition) is 1. The van der Waals surface area contributed by atoms with Gasteiger partial charge in [0, 0.05) is 18.1 Å². The van der Waals surface area contributed by atoms with Gasteiger partial charge in [-0.15, -0.1) is 11.3 Å². The van der Waals surface area contributed by atoms with E-state index in [1.165, 1.54) is 18.0 Å². The molecule has 0 unspecified atom stereocenters. The molecule has 0 aliphatic carbocycles. The van der Waals surface area contributed by atoms with Gasteiger partial charge in [0.05, 0.1) is 0 Å². The molecule has 1 aromatic heterocycles. The van der Waals surface area contributed by atoms with Crippen LogP contribution in [0.4, 0.5) is 0 Å². The Morgan fingerprint density at radius 2 is 2.20 bits per heavy atom. The van der Waals surface area contributed by atoms with E-state index in [1.807, 2.05) is 11.6 Å². The third kappa shape index (κ3) is 5.25. The van der Waals surface area contributed by atoms with Crippen molar-refractivity contribution in [3.63, 3.8) is 0 Å². The van der Waals surface area contributed by atoms with Gasteiger partial charge in [0.2, 0.25) is 0 Å². The Kier molecular flexibility index (Phi) is 6.55. The van der Waals surface area contributed by atoms with Crippen molar-refractivity contribution in [1.29, 1.82) is 0 Å². The summed E-state index contributed by atoms with van der Waals surface area (Å²) in [5.41, 5.74) is 0. The monoisotopic (exact) mass is 227 g/mol. The lowest BCUT2D eigenvalue weighted by atomic mass is 10.3. The third-order valence-electron chi connectivity index (χ3n) is 2.48. The molecule has 0 saturated carbocycles. The van der Waals surface area contributed by atoms with Crippen molar-refractivity contribution >= 4 is 11.3 Å². The van der Waals surface area contributed by atoms with Gasteiger partial charge in [-0.05, 0) is 32.6 Å². The average molecular weight is 227 g/mol. The van der Waals surface area contributed by atoms with E-state index in [9.17, 15) is 0 Å². The molecular weight excluding hydrogens is 206 g/mol. The Morgan fingerprint density at radius 1 is 1.40 bits per heavy atom. The molecule has 0 radical (unpaired) electrons. The number of nitrogens with zero attached hydrogens (tertiary/aromatic N) is 2. The largest absolute Gasteiger partial charge is 0.310 e. The molecule has 86 valence electrons. The number of aromatic nitrogens is 1. The molecule has 1 rings (SSSR count). The molecular formula is C11H21N3S. The van der Waals surface area contributed by atoms with Gasteiger partial charge in [-0.25, -0.2) is 4.98 Å². The van der Waals surface area contributed by atoms with Gasteiger partial charge in [-0.3, -0.25) is 0 Å². The lowest BCUT2D eigenvalue weighted by Crippen LogP contribution is -2.27. The normalized spacial score (nSPS) is 11.1. The topological polar surface area (TPSA) is 28.2 Å². The van der Waals surface area contributed by atoms with Crippen LogP contribution in [-0.4, -0.2) is 36.1 Å². The summed E-state index contributed by atoms with van der Waals surface area (Å²) < 4.78 is 0. The number of thiazole rings is 1. The summed E-state index contributed by atoms with van der Waals surface area (Å²) >= 11 is 1.71. The SMILES string of the molecule is CCN(CC)CCCNCc1nccs1. The first-order valence-electron chi connectivity index (χ1n) is 5.68. The fourth-order valence-corrected chi connectivity index (χ4v) is 2.09. The predicted octanol–water partition coefficient (Wildman–Crippen LogP) is 1.96. The van der Waals surface area contributed by atoms with Gasteiger partial charge in [-0.2, -0.15) is 0 Å². The maximum atomic E-state index is 4.23. The van der Waals surface area contributed by atoms with Gasteiger partial charge < -0.3 is 10.2 Å². The van der Waals surface area contributed by atoms with E-state index in [4.69, 9.17) is 0 Å². The van der Waals surface area contributed by atoms with Crippen LogP contribution in [0.5, 0.6) is 0 Å². The lowest BCUT2D eigenvalue weighted by molar-refractivity contribution is 0.298. The second-order valence-corrected chi connectivity index (χ2v) is 4.46. The first kappa shape index (κ1) is 12.6. The maximum absolute atomic E-state index is 4.23. The van der Waals surface area contributed by atoms with Crippen LogP contribution < -0.4 is 5.32 Å². The van der Waals surface area contributed by atoms with Gasteiger partial charge in [0.15, 0.2) is 0 Å². The molecule has 0 aromatic carbocycles. The minimum absolute atomic E-state index is 0.913. The fraction of sp³-hybridized carbons (Fsp3) is 0.727. The number of rotatable bonds is 8. The van der Waals surface area contributed by atoms with Crippen LogP contribution in [0, 0.1) is 0 Å². The molecule has 4 heteroatoms. The Morgan fingerprint density at radius 3 is 2.80 bits per heavy atom. The summed E-state index contributed by atoms with van der Waals surface area (Å²) in [7, 11) is 0. The van der Waals surface area contributed by atoms with Crippen LogP contribution in [0.15, 0.2) is 11.6 Å². The highest BCUT2D eigenvalue weighted by molar-refractivity contribution is 7.09. The Balaban J connectivity index is 1.97. The number of hydrogen-bond acceptors (Lipinski definition) is 4. The fourth-order valence-electron chi connectivity index (χ4n) is 1.50. The molecule has 15 heavy (non-hydrogen) atoms. The van der Waals surface area contributed by atoms with E-state index in [-0.39, 0.29) is 0 Å². The van der Waals surface area contributed by atoms with Gasteiger partial charge in [-0.1, -0.05) is 13.8 Å². The zero-order valence-electron chi connectivity index (χ0n) is 9.70. The van der Waals surface area contributed by atoms with Crippen LogP contribution in [0.1, 0.15) is 25.3 Å². The van der Waals surface area contributed by atoms with Crippen molar-refractivity contribution in [3.05, 3.63) is 16.6 Å². The summed E-state index contributed by atoms with van der Waals surface area (Å²) in [5.74, 6) is 0.